The van der Waals surface area contributed by atoms with Crippen LogP contribution in [0.15, 0.2) is 48.5 Å². The topological polar surface area (TPSA) is 46.6 Å². The summed E-state index contributed by atoms with van der Waals surface area (Å²) in [6.45, 7) is 1.74. The number of halogens is 1. The number of amides is 1. The van der Waals surface area contributed by atoms with E-state index in [2.05, 4.69) is 0 Å². The van der Waals surface area contributed by atoms with Gasteiger partial charge >= 0.3 is 5.97 Å². The standard InChI is InChI=1S/C19H18FNO3/c1-12(14-8-5-6-10-16(14)20)21(2)18(22)17-11-13-7-3-4-9-15(13)19(23)24-17/h3-10,12,17H,11H2,1-2H3. The van der Waals surface area contributed by atoms with Crippen LogP contribution in [-0.2, 0) is 16.0 Å². The smallest absolute Gasteiger partial charge is 0.339 e. The number of likely N-dealkylation sites (N-methyl/N-ethyl adjacent to an activating group) is 1. The van der Waals surface area contributed by atoms with Crippen LogP contribution in [0.1, 0.15) is 34.5 Å². The maximum absolute atomic E-state index is 13.9. The van der Waals surface area contributed by atoms with Gasteiger partial charge in [0, 0.05) is 19.0 Å². The predicted octanol–water partition coefficient (Wildman–Crippen LogP) is 3.13. The molecule has 2 unspecified atom stereocenters. The van der Waals surface area contributed by atoms with Gasteiger partial charge in [0.1, 0.15) is 5.82 Å². The zero-order chi connectivity index (χ0) is 17.3. The van der Waals surface area contributed by atoms with Gasteiger partial charge in [-0.1, -0.05) is 36.4 Å². The van der Waals surface area contributed by atoms with Crippen LogP contribution in [0, 0.1) is 5.82 Å². The van der Waals surface area contributed by atoms with Crippen LogP contribution in [0.5, 0.6) is 0 Å². The summed E-state index contributed by atoms with van der Waals surface area (Å²) >= 11 is 0. The lowest BCUT2D eigenvalue weighted by molar-refractivity contribution is -0.141. The number of hydrogen-bond acceptors (Lipinski definition) is 3. The Labute approximate surface area is 139 Å². The van der Waals surface area contributed by atoms with E-state index in [9.17, 15) is 14.0 Å². The summed E-state index contributed by atoms with van der Waals surface area (Å²) in [7, 11) is 1.59. The Hall–Kier alpha value is -2.69. The van der Waals surface area contributed by atoms with Crippen molar-refractivity contribution >= 4 is 11.9 Å². The van der Waals surface area contributed by atoms with Crippen LogP contribution in [0.2, 0.25) is 0 Å². The molecule has 0 saturated carbocycles. The molecular formula is C19H18FNO3. The maximum atomic E-state index is 13.9. The van der Waals surface area contributed by atoms with E-state index in [0.29, 0.717) is 17.5 Å². The number of benzene rings is 2. The van der Waals surface area contributed by atoms with Gasteiger partial charge in [-0.25, -0.2) is 9.18 Å². The zero-order valence-electron chi connectivity index (χ0n) is 13.5. The fraction of sp³-hybridized carbons (Fsp3) is 0.263. The normalized spacial score (nSPS) is 17.6. The molecule has 0 N–H and O–H groups in total. The van der Waals surface area contributed by atoms with E-state index in [-0.39, 0.29) is 11.7 Å². The average molecular weight is 327 g/mol. The van der Waals surface area contributed by atoms with Crippen molar-refractivity contribution < 1.29 is 18.7 Å². The van der Waals surface area contributed by atoms with Crippen LogP contribution < -0.4 is 0 Å². The van der Waals surface area contributed by atoms with E-state index in [0.717, 1.165) is 5.56 Å². The highest BCUT2D eigenvalue weighted by molar-refractivity contribution is 5.95. The summed E-state index contributed by atoms with van der Waals surface area (Å²) in [4.78, 5) is 26.2. The fourth-order valence-electron chi connectivity index (χ4n) is 2.91. The van der Waals surface area contributed by atoms with Gasteiger partial charge in [0.2, 0.25) is 0 Å². The molecule has 3 rings (SSSR count). The Balaban J connectivity index is 1.80. The largest absolute Gasteiger partial charge is 0.448 e. The first kappa shape index (κ1) is 16.2. The van der Waals surface area contributed by atoms with Gasteiger partial charge in [-0.3, -0.25) is 4.79 Å². The molecule has 0 fully saturated rings. The van der Waals surface area contributed by atoms with Crippen molar-refractivity contribution in [1.29, 1.82) is 0 Å². The van der Waals surface area contributed by atoms with Crippen molar-refractivity contribution in [2.75, 3.05) is 7.05 Å². The Morgan fingerprint density at radius 3 is 2.62 bits per heavy atom. The first-order valence-corrected chi connectivity index (χ1v) is 7.79. The molecule has 0 aromatic heterocycles. The monoisotopic (exact) mass is 327 g/mol. The predicted molar refractivity (Wildman–Crippen MR) is 86.9 cm³/mol. The van der Waals surface area contributed by atoms with E-state index >= 15 is 0 Å². The lowest BCUT2D eigenvalue weighted by atomic mass is 9.97. The third kappa shape index (κ3) is 2.89. The highest BCUT2D eigenvalue weighted by Crippen LogP contribution is 2.26. The lowest BCUT2D eigenvalue weighted by Crippen LogP contribution is -2.43. The molecule has 24 heavy (non-hydrogen) atoms. The van der Waals surface area contributed by atoms with Crippen LogP contribution >= 0.6 is 0 Å². The maximum Gasteiger partial charge on any atom is 0.339 e. The summed E-state index contributed by atoms with van der Waals surface area (Å²) in [5, 5.41) is 0. The van der Waals surface area contributed by atoms with E-state index in [1.54, 1.807) is 44.3 Å². The second kappa shape index (κ2) is 6.43. The minimum atomic E-state index is -0.883. The SMILES string of the molecule is CC(c1ccccc1F)N(C)C(=O)C1Cc2ccccc2C(=O)O1. The van der Waals surface area contributed by atoms with E-state index in [1.165, 1.54) is 11.0 Å². The molecule has 2 atom stereocenters. The minimum absolute atomic E-state index is 0.328. The summed E-state index contributed by atoms with van der Waals surface area (Å²) < 4.78 is 19.2. The first-order chi connectivity index (χ1) is 11.5. The number of hydrogen-bond donors (Lipinski definition) is 0. The summed E-state index contributed by atoms with van der Waals surface area (Å²) in [5.74, 6) is -1.20. The molecule has 2 aromatic rings. The molecule has 0 radical (unpaired) electrons. The molecule has 1 heterocycles. The summed E-state index contributed by atoms with van der Waals surface area (Å²) in [6, 6.07) is 13.0. The number of fused-ring (bicyclic) bond motifs is 1. The van der Waals surface area contributed by atoms with Gasteiger partial charge in [-0.2, -0.15) is 0 Å². The van der Waals surface area contributed by atoms with E-state index in [1.807, 2.05) is 12.1 Å². The highest BCUT2D eigenvalue weighted by Gasteiger charge is 2.34. The van der Waals surface area contributed by atoms with Gasteiger partial charge in [0.05, 0.1) is 11.6 Å². The molecule has 0 spiro atoms. The number of carbonyl (C=O) groups is 2. The Bertz CT molecular complexity index is 790. The molecule has 2 aromatic carbocycles. The summed E-state index contributed by atoms with van der Waals surface area (Å²) in [6.07, 6.45) is -0.554. The van der Waals surface area contributed by atoms with Crippen LogP contribution in [0.3, 0.4) is 0 Å². The van der Waals surface area contributed by atoms with Crippen molar-refractivity contribution in [3.8, 4) is 0 Å². The third-order valence-electron chi connectivity index (χ3n) is 4.45. The van der Waals surface area contributed by atoms with Gasteiger partial charge in [-0.05, 0) is 24.6 Å². The Morgan fingerprint density at radius 1 is 1.21 bits per heavy atom. The average Bonchev–Trinajstić information content (AvgIpc) is 2.60. The minimum Gasteiger partial charge on any atom is -0.448 e. The van der Waals surface area contributed by atoms with Crippen molar-refractivity contribution in [2.24, 2.45) is 0 Å². The van der Waals surface area contributed by atoms with E-state index in [4.69, 9.17) is 4.74 Å². The second-order valence-corrected chi connectivity index (χ2v) is 5.90. The molecule has 5 heteroatoms. The first-order valence-electron chi connectivity index (χ1n) is 7.79. The fourth-order valence-corrected chi connectivity index (χ4v) is 2.91. The molecule has 0 saturated heterocycles. The lowest BCUT2D eigenvalue weighted by Gasteiger charge is -2.31. The van der Waals surface area contributed by atoms with Crippen LogP contribution in [-0.4, -0.2) is 29.9 Å². The second-order valence-electron chi connectivity index (χ2n) is 5.90. The Morgan fingerprint density at radius 2 is 1.88 bits per heavy atom. The number of carbonyl (C=O) groups excluding carboxylic acids is 2. The molecule has 1 aliphatic rings. The van der Waals surface area contributed by atoms with Crippen molar-refractivity contribution in [1.82, 2.24) is 4.90 Å². The number of rotatable bonds is 3. The van der Waals surface area contributed by atoms with E-state index < -0.39 is 18.1 Å². The number of esters is 1. The molecule has 1 amide bonds. The van der Waals surface area contributed by atoms with Crippen LogP contribution in [0.25, 0.3) is 0 Å². The zero-order valence-corrected chi connectivity index (χ0v) is 13.5. The van der Waals surface area contributed by atoms with Crippen molar-refractivity contribution in [2.45, 2.75) is 25.5 Å². The summed E-state index contributed by atoms with van der Waals surface area (Å²) in [5.41, 5.74) is 1.71. The van der Waals surface area contributed by atoms with Gasteiger partial charge in [-0.15, -0.1) is 0 Å². The van der Waals surface area contributed by atoms with Gasteiger partial charge in [0.25, 0.3) is 5.91 Å². The van der Waals surface area contributed by atoms with Gasteiger partial charge < -0.3 is 9.64 Å². The highest BCUT2D eigenvalue weighted by atomic mass is 19.1. The van der Waals surface area contributed by atoms with Gasteiger partial charge in [0.15, 0.2) is 6.10 Å². The van der Waals surface area contributed by atoms with Crippen molar-refractivity contribution in [3.63, 3.8) is 0 Å². The number of cyclic esters (lactones) is 1. The third-order valence-corrected chi connectivity index (χ3v) is 4.45. The number of nitrogens with zero attached hydrogens (tertiary/aromatic N) is 1. The quantitative estimate of drug-likeness (QED) is 0.814. The van der Waals surface area contributed by atoms with Crippen molar-refractivity contribution in [3.05, 3.63) is 71.0 Å². The molecule has 4 nitrogen and oxygen atoms in total. The molecule has 0 aliphatic carbocycles. The number of ether oxygens (including phenoxy) is 1. The Kier molecular flexibility index (Phi) is 4.34. The molecule has 0 bridgehead atoms. The van der Waals surface area contributed by atoms with Crippen LogP contribution in [0.4, 0.5) is 4.39 Å². The molecular weight excluding hydrogens is 309 g/mol. The molecule has 124 valence electrons. The molecule has 1 aliphatic heterocycles.